The Morgan fingerprint density at radius 2 is 1.28 bits per heavy atom. The van der Waals surface area contributed by atoms with Gasteiger partial charge in [0.1, 0.15) is 6.04 Å². The van der Waals surface area contributed by atoms with Crippen molar-refractivity contribution >= 4 is 17.7 Å². The van der Waals surface area contributed by atoms with Gasteiger partial charge in [-0.15, -0.1) is 0 Å². The van der Waals surface area contributed by atoms with Crippen LogP contribution < -0.4 is 0 Å². The van der Waals surface area contributed by atoms with Crippen LogP contribution in [0.25, 0.3) is 0 Å². The molecule has 0 spiro atoms. The molecule has 0 aromatic rings. The first-order valence-electron chi connectivity index (χ1n) is 9.94. The third-order valence-electron chi connectivity index (χ3n) is 4.62. The number of carbonyl (C=O) groups excluding carboxylic acids is 2. The van der Waals surface area contributed by atoms with Crippen LogP contribution in [-0.4, -0.2) is 40.8 Å². The molecule has 0 aliphatic carbocycles. The predicted octanol–water partition coefficient (Wildman–Crippen LogP) is 4.58. The molecule has 0 aromatic heterocycles. The van der Waals surface area contributed by atoms with Crippen molar-refractivity contribution in [1.29, 1.82) is 0 Å². The number of carbonyl (C=O) groups is 3. The number of nitrogens with zero attached hydrogens (tertiary/aromatic N) is 1. The maximum Gasteiger partial charge on any atom is 0.305 e. The van der Waals surface area contributed by atoms with Crippen LogP contribution in [0.1, 0.15) is 97.3 Å². The minimum Gasteiger partial charge on any atom is -0.481 e. The lowest BCUT2D eigenvalue weighted by Crippen LogP contribution is -2.43. The van der Waals surface area contributed by atoms with E-state index in [4.69, 9.17) is 5.11 Å². The zero-order valence-electron chi connectivity index (χ0n) is 16.4. The topological polar surface area (TPSA) is 74.7 Å². The Morgan fingerprint density at radius 3 is 1.76 bits per heavy atom. The summed E-state index contributed by atoms with van der Waals surface area (Å²) in [5, 5.41) is 9.09. The SMILES string of the molecule is CCCCCCCC(=O)C(CC(=O)O)N(C)C(=O)CCCCCCC. The maximum absolute atomic E-state index is 12.4. The van der Waals surface area contributed by atoms with Crippen LogP contribution >= 0.6 is 0 Å². The lowest BCUT2D eigenvalue weighted by Gasteiger charge is -2.26. The van der Waals surface area contributed by atoms with Gasteiger partial charge in [0.25, 0.3) is 0 Å². The largest absolute Gasteiger partial charge is 0.481 e. The van der Waals surface area contributed by atoms with E-state index in [1.165, 1.54) is 11.3 Å². The van der Waals surface area contributed by atoms with Gasteiger partial charge in [0.2, 0.25) is 5.91 Å². The quantitative estimate of drug-likeness (QED) is 0.411. The summed E-state index contributed by atoms with van der Waals surface area (Å²) in [6.07, 6.45) is 10.8. The summed E-state index contributed by atoms with van der Waals surface area (Å²) in [4.78, 5) is 37.2. The van der Waals surface area contributed by atoms with Gasteiger partial charge in [0.05, 0.1) is 6.42 Å². The number of carboxylic acid groups (broad SMARTS) is 1. The molecule has 0 aliphatic rings. The third-order valence-corrected chi connectivity index (χ3v) is 4.62. The molecule has 5 nitrogen and oxygen atoms in total. The number of hydrogen-bond acceptors (Lipinski definition) is 3. The van der Waals surface area contributed by atoms with E-state index in [0.717, 1.165) is 57.8 Å². The number of rotatable bonds is 16. The summed E-state index contributed by atoms with van der Waals surface area (Å²) >= 11 is 0. The molecule has 0 heterocycles. The second kappa shape index (κ2) is 14.9. The van der Waals surface area contributed by atoms with Crippen LogP contribution in [0.5, 0.6) is 0 Å². The summed E-state index contributed by atoms with van der Waals surface area (Å²) < 4.78 is 0. The van der Waals surface area contributed by atoms with Crippen molar-refractivity contribution < 1.29 is 19.5 Å². The monoisotopic (exact) mass is 355 g/mol. The number of carboxylic acids is 1. The summed E-state index contributed by atoms with van der Waals surface area (Å²) in [5.74, 6) is -1.28. The van der Waals surface area contributed by atoms with Crippen LogP contribution in [0, 0.1) is 0 Å². The fraction of sp³-hybridized carbons (Fsp3) is 0.850. The fourth-order valence-electron chi connectivity index (χ4n) is 2.93. The Kier molecular flexibility index (Phi) is 14.1. The highest BCUT2D eigenvalue weighted by Crippen LogP contribution is 2.14. The van der Waals surface area contributed by atoms with Gasteiger partial charge >= 0.3 is 5.97 Å². The lowest BCUT2D eigenvalue weighted by atomic mass is 10.0. The van der Waals surface area contributed by atoms with Crippen molar-refractivity contribution in [2.75, 3.05) is 7.05 Å². The van der Waals surface area contributed by atoms with E-state index in [9.17, 15) is 14.4 Å². The number of aliphatic carboxylic acids is 1. The van der Waals surface area contributed by atoms with Crippen LogP contribution in [0.3, 0.4) is 0 Å². The van der Waals surface area contributed by atoms with Crippen molar-refractivity contribution in [2.24, 2.45) is 0 Å². The number of unbranched alkanes of at least 4 members (excludes halogenated alkanes) is 8. The van der Waals surface area contributed by atoms with E-state index >= 15 is 0 Å². The summed E-state index contributed by atoms with van der Waals surface area (Å²) in [6, 6.07) is -0.827. The van der Waals surface area contributed by atoms with Gasteiger partial charge in [0, 0.05) is 19.9 Å². The lowest BCUT2D eigenvalue weighted by molar-refractivity contribution is -0.145. The molecule has 0 saturated heterocycles. The van der Waals surface area contributed by atoms with Crippen LogP contribution in [0.4, 0.5) is 0 Å². The van der Waals surface area contributed by atoms with Crippen molar-refractivity contribution in [1.82, 2.24) is 4.90 Å². The Labute approximate surface area is 153 Å². The van der Waals surface area contributed by atoms with Gasteiger partial charge in [-0.05, 0) is 12.8 Å². The number of likely N-dealkylation sites (N-methyl/N-ethyl adjacent to an activating group) is 1. The van der Waals surface area contributed by atoms with Gasteiger partial charge in [-0.25, -0.2) is 0 Å². The van der Waals surface area contributed by atoms with E-state index in [1.807, 2.05) is 0 Å². The third kappa shape index (κ3) is 11.7. The Hall–Kier alpha value is -1.39. The average Bonchev–Trinajstić information content (AvgIpc) is 2.58. The van der Waals surface area contributed by atoms with E-state index in [0.29, 0.717) is 12.8 Å². The first-order valence-corrected chi connectivity index (χ1v) is 9.94. The Bertz CT molecular complexity index is 395. The first kappa shape index (κ1) is 23.6. The summed E-state index contributed by atoms with van der Waals surface area (Å²) in [5.41, 5.74) is 0. The van der Waals surface area contributed by atoms with Crippen molar-refractivity contribution in [3.05, 3.63) is 0 Å². The van der Waals surface area contributed by atoms with Crippen LogP contribution in [0.2, 0.25) is 0 Å². The molecule has 1 unspecified atom stereocenters. The molecule has 146 valence electrons. The molecule has 0 aromatic carbocycles. The molecule has 0 radical (unpaired) electrons. The molecule has 0 aliphatic heterocycles. The smallest absolute Gasteiger partial charge is 0.305 e. The van der Waals surface area contributed by atoms with Crippen molar-refractivity contribution in [3.8, 4) is 0 Å². The zero-order chi connectivity index (χ0) is 19.1. The van der Waals surface area contributed by atoms with Gasteiger partial charge in [-0.1, -0.05) is 65.2 Å². The highest BCUT2D eigenvalue weighted by atomic mass is 16.4. The fourth-order valence-corrected chi connectivity index (χ4v) is 2.93. The average molecular weight is 356 g/mol. The molecule has 0 fully saturated rings. The second-order valence-corrected chi connectivity index (χ2v) is 6.91. The van der Waals surface area contributed by atoms with Crippen LogP contribution in [0.15, 0.2) is 0 Å². The minimum atomic E-state index is -1.04. The van der Waals surface area contributed by atoms with Gasteiger partial charge < -0.3 is 10.0 Å². The summed E-state index contributed by atoms with van der Waals surface area (Å²) in [7, 11) is 1.57. The predicted molar refractivity (Wildman–Crippen MR) is 101 cm³/mol. The number of ketones is 1. The highest BCUT2D eigenvalue weighted by molar-refractivity contribution is 5.91. The molecule has 1 N–H and O–H groups in total. The normalized spacial score (nSPS) is 12.0. The molecule has 5 heteroatoms. The minimum absolute atomic E-state index is 0.123. The Balaban J connectivity index is 4.43. The molecule has 1 atom stereocenters. The molecule has 0 bridgehead atoms. The Morgan fingerprint density at radius 1 is 0.800 bits per heavy atom. The zero-order valence-corrected chi connectivity index (χ0v) is 16.4. The first-order chi connectivity index (χ1) is 11.9. The van der Waals surface area contributed by atoms with E-state index < -0.39 is 12.0 Å². The van der Waals surface area contributed by atoms with E-state index in [-0.39, 0.29) is 18.1 Å². The molecular weight excluding hydrogens is 318 g/mol. The molecule has 0 rings (SSSR count). The maximum atomic E-state index is 12.4. The second-order valence-electron chi connectivity index (χ2n) is 6.91. The highest BCUT2D eigenvalue weighted by Gasteiger charge is 2.28. The van der Waals surface area contributed by atoms with Gasteiger partial charge in [0.15, 0.2) is 5.78 Å². The van der Waals surface area contributed by atoms with Gasteiger partial charge in [-0.3, -0.25) is 14.4 Å². The van der Waals surface area contributed by atoms with Crippen molar-refractivity contribution in [3.63, 3.8) is 0 Å². The number of hydrogen-bond donors (Lipinski definition) is 1. The van der Waals surface area contributed by atoms with Crippen LogP contribution in [-0.2, 0) is 14.4 Å². The molecule has 25 heavy (non-hydrogen) atoms. The van der Waals surface area contributed by atoms with Crippen molar-refractivity contribution in [2.45, 2.75) is 103 Å². The van der Waals surface area contributed by atoms with Gasteiger partial charge in [-0.2, -0.15) is 0 Å². The molecule has 0 saturated carbocycles. The summed E-state index contributed by atoms with van der Waals surface area (Å²) in [6.45, 7) is 4.28. The van der Waals surface area contributed by atoms with E-state index in [1.54, 1.807) is 7.05 Å². The number of amides is 1. The van der Waals surface area contributed by atoms with E-state index in [2.05, 4.69) is 13.8 Å². The molecular formula is C20H37NO4. The number of Topliss-reactive ketones (excluding diaryl/α,β-unsaturated/α-hetero) is 1. The standard InChI is InChI=1S/C20H37NO4/c1-4-6-8-10-12-14-18(22)17(16-20(24)25)21(3)19(23)15-13-11-9-7-5-2/h17H,4-16H2,1-3H3,(H,24,25). The molecule has 1 amide bonds.